The summed E-state index contributed by atoms with van der Waals surface area (Å²) >= 11 is 0. The molecule has 0 spiro atoms. The largest absolute Gasteiger partial charge is 0.464 e. The summed E-state index contributed by atoms with van der Waals surface area (Å²) in [5.74, 6) is 0.0870. The maximum atomic E-state index is 12.2. The normalized spacial score (nSPS) is 20.7. The molecule has 0 bridgehead atoms. The minimum atomic E-state index is 0.0870. The van der Waals surface area contributed by atoms with Crippen molar-refractivity contribution in [1.82, 2.24) is 5.32 Å². The summed E-state index contributed by atoms with van der Waals surface area (Å²) in [7, 11) is 0. The molecule has 1 aromatic carbocycles. The van der Waals surface area contributed by atoms with Crippen molar-refractivity contribution in [2.24, 2.45) is 0 Å². The maximum Gasteiger partial charge on any atom is 0.224 e. The lowest BCUT2D eigenvalue weighted by Crippen LogP contribution is -3.16. The first-order valence-corrected chi connectivity index (χ1v) is 9.77. The lowest BCUT2D eigenvalue weighted by molar-refractivity contribution is -0.928. The third-order valence-electron chi connectivity index (χ3n) is 5.56. The van der Waals surface area contributed by atoms with Crippen molar-refractivity contribution < 1.29 is 14.1 Å². The van der Waals surface area contributed by atoms with E-state index in [2.05, 4.69) is 37.4 Å². The lowest BCUT2D eigenvalue weighted by Gasteiger charge is -2.30. The number of hydrogen-bond donors (Lipinski definition) is 2. The van der Waals surface area contributed by atoms with Gasteiger partial charge in [0.15, 0.2) is 0 Å². The number of carbonyl (C=O) groups excluding carboxylic acids is 1. The minimum absolute atomic E-state index is 0.0870. The molecule has 1 fully saturated rings. The number of nitrogens with one attached hydrogen (secondary N) is 2. The van der Waals surface area contributed by atoms with Crippen molar-refractivity contribution in [2.75, 3.05) is 19.6 Å². The zero-order valence-corrected chi connectivity index (χ0v) is 15.6. The van der Waals surface area contributed by atoms with Gasteiger partial charge in [-0.15, -0.1) is 0 Å². The summed E-state index contributed by atoms with van der Waals surface area (Å²) in [6.07, 6.45) is 8.23. The number of furan rings is 1. The van der Waals surface area contributed by atoms with Crippen molar-refractivity contribution in [3.8, 4) is 0 Å². The Balaban J connectivity index is 1.45. The Morgan fingerprint density at radius 2 is 2.24 bits per heavy atom. The smallest absolute Gasteiger partial charge is 0.224 e. The standard InChI is InChI=1S/C21H30N2O2/c1-3-17-8-9-19-18(15-25-20(19)13-17)14-21(24)22-10-6-12-23-11-5-4-7-16(23)2/h8-9,13,15-16H,3-7,10-12,14H2,1-2H3,(H,22,24)/p+1/t16-/m0/s1. The van der Waals surface area contributed by atoms with Crippen LogP contribution in [0.2, 0.25) is 0 Å². The van der Waals surface area contributed by atoms with E-state index in [-0.39, 0.29) is 5.91 Å². The number of amides is 1. The van der Waals surface area contributed by atoms with Gasteiger partial charge in [-0.3, -0.25) is 4.79 Å². The molecule has 1 amide bonds. The molecule has 2 aromatic rings. The van der Waals surface area contributed by atoms with Crippen molar-refractivity contribution in [3.05, 3.63) is 35.6 Å². The Morgan fingerprint density at radius 1 is 1.36 bits per heavy atom. The molecule has 1 aliphatic heterocycles. The molecule has 1 aliphatic rings. The molecule has 4 nitrogen and oxygen atoms in total. The molecule has 0 saturated carbocycles. The van der Waals surface area contributed by atoms with Gasteiger partial charge >= 0.3 is 0 Å². The zero-order chi connectivity index (χ0) is 17.6. The molecule has 1 unspecified atom stereocenters. The zero-order valence-electron chi connectivity index (χ0n) is 15.6. The molecule has 25 heavy (non-hydrogen) atoms. The molecule has 3 rings (SSSR count). The van der Waals surface area contributed by atoms with Gasteiger partial charge in [0.25, 0.3) is 0 Å². The number of quaternary nitrogens is 1. The number of fused-ring (bicyclic) bond motifs is 1. The highest BCUT2D eigenvalue weighted by molar-refractivity contribution is 5.87. The van der Waals surface area contributed by atoms with Gasteiger partial charge < -0.3 is 14.6 Å². The van der Waals surface area contributed by atoms with E-state index >= 15 is 0 Å². The molecule has 136 valence electrons. The highest BCUT2D eigenvalue weighted by Gasteiger charge is 2.21. The van der Waals surface area contributed by atoms with E-state index in [1.165, 1.54) is 31.4 Å². The van der Waals surface area contributed by atoms with Crippen LogP contribution in [0.3, 0.4) is 0 Å². The van der Waals surface area contributed by atoms with Crippen molar-refractivity contribution in [3.63, 3.8) is 0 Å². The Hall–Kier alpha value is -1.81. The molecule has 4 heteroatoms. The first-order valence-electron chi connectivity index (χ1n) is 9.77. The van der Waals surface area contributed by atoms with Crippen LogP contribution in [0.1, 0.15) is 50.7 Å². The number of hydrogen-bond acceptors (Lipinski definition) is 2. The monoisotopic (exact) mass is 343 g/mol. The topological polar surface area (TPSA) is 46.7 Å². The fourth-order valence-corrected chi connectivity index (χ4v) is 3.89. The average molecular weight is 343 g/mol. The number of likely N-dealkylation sites (tertiary alicyclic amines) is 1. The van der Waals surface area contributed by atoms with E-state index in [1.54, 1.807) is 11.2 Å². The summed E-state index contributed by atoms with van der Waals surface area (Å²) in [4.78, 5) is 13.9. The molecular formula is C21H31N2O2+. The van der Waals surface area contributed by atoms with Gasteiger partial charge in [0.2, 0.25) is 5.91 Å². The third-order valence-corrected chi connectivity index (χ3v) is 5.56. The second-order valence-electron chi connectivity index (χ2n) is 7.38. The first-order chi connectivity index (χ1) is 12.2. The van der Waals surface area contributed by atoms with Crippen molar-refractivity contribution in [2.45, 2.75) is 58.4 Å². The van der Waals surface area contributed by atoms with Gasteiger partial charge in [-0.05, 0) is 44.2 Å². The summed E-state index contributed by atoms with van der Waals surface area (Å²) in [6, 6.07) is 7.03. The second kappa shape index (κ2) is 8.52. The predicted molar refractivity (Wildman–Crippen MR) is 101 cm³/mol. The van der Waals surface area contributed by atoms with Crippen LogP contribution in [-0.4, -0.2) is 31.6 Å². The van der Waals surface area contributed by atoms with E-state index < -0.39 is 0 Å². The third kappa shape index (κ3) is 4.63. The molecule has 2 atom stereocenters. The van der Waals surface area contributed by atoms with Crippen molar-refractivity contribution in [1.29, 1.82) is 0 Å². The van der Waals surface area contributed by atoms with Crippen LogP contribution >= 0.6 is 0 Å². The second-order valence-corrected chi connectivity index (χ2v) is 7.38. The van der Waals surface area contributed by atoms with E-state index in [0.29, 0.717) is 6.42 Å². The van der Waals surface area contributed by atoms with E-state index in [1.807, 2.05) is 0 Å². The van der Waals surface area contributed by atoms with E-state index in [4.69, 9.17) is 4.42 Å². The van der Waals surface area contributed by atoms with Crippen LogP contribution in [-0.2, 0) is 17.6 Å². The SMILES string of the molecule is CCc1ccc2c(CC(=O)NCCC[NH+]3CCCC[C@@H]3C)coc2c1. The van der Waals surface area contributed by atoms with Crippen molar-refractivity contribution >= 4 is 16.9 Å². The minimum Gasteiger partial charge on any atom is -0.464 e. The number of aryl methyl sites for hydroxylation is 1. The molecule has 1 aromatic heterocycles. The summed E-state index contributed by atoms with van der Waals surface area (Å²) in [5.41, 5.74) is 3.11. The molecule has 0 aliphatic carbocycles. The van der Waals surface area contributed by atoms with Crippen LogP contribution in [0.15, 0.2) is 28.9 Å². The van der Waals surface area contributed by atoms with Gasteiger partial charge in [-0.1, -0.05) is 19.1 Å². The highest BCUT2D eigenvalue weighted by Crippen LogP contribution is 2.23. The first kappa shape index (κ1) is 18.0. The molecular weight excluding hydrogens is 312 g/mol. The number of benzene rings is 1. The average Bonchev–Trinajstić information content (AvgIpc) is 3.02. The Labute approximate surface area is 150 Å². The van der Waals surface area contributed by atoms with Crippen LogP contribution < -0.4 is 10.2 Å². The van der Waals surface area contributed by atoms with Gasteiger partial charge in [0, 0.05) is 23.9 Å². The van der Waals surface area contributed by atoms with E-state index in [9.17, 15) is 4.79 Å². The van der Waals surface area contributed by atoms with E-state index in [0.717, 1.165) is 48.5 Å². The van der Waals surface area contributed by atoms with Gasteiger partial charge in [0.05, 0.1) is 31.8 Å². The summed E-state index contributed by atoms with van der Waals surface area (Å²) in [5, 5.41) is 4.12. The number of rotatable bonds is 7. The summed E-state index contributed by atoms with van der Waals surface area (Å²) in [6.45, 7) is 7.70. The predicted octanol–water partition coefficient (Wildman–Crippen LogP) is 2.50. The fourth-order valence-electron chi connectivity index (χ4n) is 3.89. The van der Waals surface area contributed by atoms with Crippen LogP contribution in [0, 0.1) is 0 Å². The fraction of sp³-hybridized carbons (Fsp3) is 0.571. The van der Waals surface area contributed by atoms with Gasteiger partial charge in [-0.25, -0.2) is 0 Å². The van der Waals surface area contributed by atoms with Crippen LogP contribution in [0.5, 0.6) is 0 Å². The molecule has 2 N–H and O–H groups in total. The summed E-state index contributed by atoms with van der Waals surface area (Å²) < 4.78 is 5.63. The lowest BCUT2D eigenvalue weighted by atomic mass is 10.0. The number of piperidine rings is 1. The maximum absolute atomic E-state index is 12.2. The van der Waals surface area contributed by atoms with Gasteiger partial charge in [0.1, 0.15) is 5.58 Å². The van der Waals surface area contributed by atoms with Crippen LogP contribution in [0.25, 0.3) is 11.0 Å². The highest BCUT2D eigenvalue weighted by atomic mass is 16.3. The van der Waals surface area contributed by atoms with Gasteiger partial charge in [-0.2, -0.15) is 0 Å². The Morgan fingerprint density at radius 3 is 3.04 bits per heavy atom. The molecule has 2 heterocycles. The number of carbonyl (C=O) groups is 1. The molecule has 0 radical (unpaired) electrons. The Bertz CT molecular complexity index is 707. The molecule has 1 saturated heterocycles. The van der Waals surface area contributed by atoms with Crippen LogP contribution in [0.4, 0.5) is 0 Å². The quantitative estimate of drug-likeness (QED) is 0.759. The Kier molecular flexibility index (Phi) is 6.14.